The second-order valence-electron chi connectivity index (χ2n) is 12.4. The molecule has 1 amide bonds. The Morgan fingerprint density at radius 2 is 1.43 bits per heavy atom. The molecule has 268 valence electrons. The van der Waals surface area contributed by atoms with E-state index in [9.17, 15) is 49.1 Å². The van der Waals surface area contributed by atoms with Crippen LogP contribution in [0.4, 0.5) is 44.3 Å². The normalized spacial score (nSPS) is 19.4. The van der Waals surface area contributed by atoms with Crippen LogP contribution in [0.5, 0.6) is 5.88 Å². The van der Waals surface area contributed by atoms with Gasteiger partial charge in [-0.25, -0.2) is 4.98 Å². The van der Waals surface area contributed by atoms with Gasteiger partial charge in [-0.15, -0.1) is 0 Å². The van der Waals surface area contributed by atoms with Crippen molar-refractivity contribution in [2.24, 2.45) is 0 Å². The summed E-state index contributed by atoms with van der Waals surface area (Å²) in [6.07, 6.45) is -13.3. The fraction of sp³-hybridized carbons (Fsp3) is 0.306. The van der Waals surface area contributed by atoms with Gasteiger partial charge >= 0.3 is 18.5 Å². The molecular weight excluding hydrogens is 711 g/mol. The Hall–Kier alpha value is -4.53. The molecule has 51 heavy (non-hydrogen) atoms. The minimum absolute atomic E-state index is 0.00376. The van der Waals surface area contributed by atoms with E-state index in [-0.39, 0.29) is 52.8 Å². The molecule has 2 saturated heterocycles. The first-order valence-electron chi connectivity index (χ1n) is 15.4. The van der Waals surface area contributed by atoms with Crippen LogP contribution in [0.15, 0.2) is 66.9 Å². The van der Waals surface area contributed by atoms with Crippen molar-refractivity contribution < 1.29 is 53.8 Å². The fourth-order valence-electron chi connectivity index (χ4n) is 6.81. The van der Waals surface area contributed by atoms with Crippen LogP contribution in [0.1, 0.15) is 74.8 Å². The van der Waals surface area contributed by atoms with Crippen LogP contribution >= 0.6 is 11.8 Å². The molecule has 0 N–H and O–H groups in total. The summed E-state index contributed by atoms with van der Waals surface area (Å²) < 4.78 is 130. The standard InChI is InChI=1S/C36H27F9N2O3S/c1-17-10-19(18(2)48)4-6-25(17)21-13-28(32(50-3)46-16-21)26-7-5-22(34(37,38)39)15-27(26)29-8-9-30-31(51-33(49)47(29)30)20-11-23(35(40,41)42)14-24(12-20)36(43,44)45/h4-7,10-16,29-31H,8-9H2,1-3H3/t29-,30-,31+/m0/s1. The monoisotopic (exact) mass is 738 g/mol. The number of halogens is 9. The van der Waals surface area contributed by atoms with Crippen molar-refractivity contribution in [3.05, 3.63) is 106 Å². The summed E-state index contributed by atoms with van der Waals surface area (Å²) in [4.78, 5) is 31.1. The molecule has 2 aliphatic rings. The Bertz CT molecular complexity index is 2010. The zero-order valence-electron chi connectivity index (χ0n) is 26.9. The highest BCUT2D eigenvalue weighted by molar-refractivity contribution is 8.14. The number of hydrogen-bond acceptors (Lipinski definition) is 5. The molecule has 0 spiro atoms. The molecule has 3 atom stereocenters. The van der Waals surface area contributed by atoms with Gasteiger partial charge in [-0.1, -0.05) is 30.0 Å². The van der Waals surface area contributed by atoms with Gasteiger partial charge in [0.1, 0.15) is 0 Å². The van der Waals surface area contributed by atoms with Crippen LogP contribution in [0.25, 0.3) is 22.3 Å². The number of methoxy groups -OCH3 is 1. The molecule has 3 aromatic carbocycles. The highest BCUT2D eigenvalue weighted by Gasteiger charge is 2.51. The summed E-state index contributed by atoms with van der Waals surface area (Å²) in [5, 5.41) is -1.84. The number of fused-ring (bicyclic) bond motifs is 1. The molecule has 0 saturated carbocycles. The Morgan fingerprint density at radius 1 is 0.804 bits per heavy atom. The predicted octanol–water partition coefficient (Wildman–Crippen LogP) is 11.1. The average molecular weight is 739 g/mol. The van der Waals surface area contributed by atoms with Gasteiger partial charge in [-0.2, -0.15) is 39.5 Å². The number of amides is 1. The third-order valence-electron chi connectivity index (χ3n) is 9.17. The Balaban J connectivity index is 1.46. The minimum atomic E-state index is -5.11. The number of rotatable bonds is 6. The molecular formula is C36H27F9N2O3S. The quantitative estimate of drug-likeness (QED) is 0.146. The molecule has 3 heterocycles. The summed E-state index contributed by atoms with van der Waals surface area (Å²) in [5.41, 5.74) is -1.44. The molecule has 6 rings (SSSR count). The zero-order chi connectivity index (χ0) is 37.2. The Labute approximate surface area is 289 Å². The van der Waals surface area contributed by atoms with Gasteiger partial charge in [0.2, 0.25) is 5.88 Å². The molecule has 0 unspecified atom stereocenters. The number of ether oxygens (including phenoxy) is 1. The molecule has 5 nitrogen and oxygen atoms in total. The number of alkyl halides is 9. The van der Waals surface area contributed by atoms with E-state index >= 15 is 0 Å². The first kappa shape index (κ1) is 36.3. The van der Waals surface area contributed by atoms with Crippen molar-refractivity contribution in [2.75, 3.05) is 7.11 Å². The fourth-order valence-corrected chi connectivity index (χ4v) is 8.10. The van der Waals surface area contributed by atoms with E-state index in [1.807, 2.05) is 0 Å². The molecule has 2 fully saturated rings. The number of hydrogen-bond donors (Lipinski definition) is 0. The average Bonchev–Trinajstić information content (AvgIpc) is 3.63. The number of ketones is 1. The second-order valence-corrected chi connectivity index (χ2v) is 13.5. The highest BCUT2D eigenvalue weighted by atomic mass is 32.2. The summed E-state index contributed by atoms with van der Waals surface area (Å²) in [6.45, 7) is 3.20. The SMILES string of the molecule is COc1ncc(-c2ccc(C(C)=O)cc2C)cc1-c1ccc(C(F)(F)F)cc1[C@@H]1CC[C@H]2[C@@H](c3cc(C(F)(F)F)cc(C(F)(F)F)c3)SC(=O)N12. The van der Waals surface area contributed by atoms with E-state index in [2.05, 4.69) is 4.98 Å². The molecule has 4 aromatic rings. The lowest BCUT2D eigenvalue weighted by atomic mass is 9.90. The van der Waals surface area contributed by atoms with E-state index in [4.69, 9.17) is 4.74 Å². The van der Waals surface area contributed by atoms with E-state index < -0.39 is 57.8 Å². The van der Waals surface area contributed by atoms with Crippen molar-refractivity contribution in [3.63, 3.8) is 0 Å². The summed E-state index contributed by atoms with van der Waals surface area (Å²) in [5.74, 6) is -0.0934. The van der Waals surface area contributed by atoms with Gasteiger partial charge in [0.15, 0.2) is 5.78 Å². The lowest BCUT2D eigenvalue weighted by molar-refractivity contribution is -0.143. The number of pyridine rings is 1. The van der Waals surface area contributed by atoms with Crippen LogP contribution < -0.4 is 4.74 Å². The lowest BCUT2D eigenvalue weighted by Gasteiger charge is -2.28. The molecule has 1 aromatic heterocycles. The summed E-state index contributed by atoms with van der Waals surface area (Å²) in [7, 11) is 1.32. The van der Waals surface area contributed by atoms with Crippen LogP contribution in [0.3, 0.4) is 0 Å². The first-order chi connectivity index (χ1) is 23.8. The van der Waals surface area contributed by atoms with Crippen molar-refractivity contribution in [1.82, 2.24) is 9.88 Å². The first-order valence-corrected chi connectivity index (χ1v) is 16.3. The van der Waals surface area contributed by atoms with Crippen molar-refractivity contribution in [2.45, 2.75) is 62.6 Å². The number of benzene rings is 3. The Morgan fingerprint density at radius 3 is 2.00 bits per heavy atom. The minimum Gasteiger partial charge on any atom is -0.481 e. The number of Topliss-reactive ketones (excluding diaryl/α,β-unsaturated/α-hetero) is 1. The molecule has 0 radical (unpaired) electrons. The maximum atomic E-state index is 14.1. The van der Waals surface area contributed by atoms with Crippen molar-refractivity contribution in [1.29, 1.82) is 0 Å². The van der Waals surface area contributed by atoms with E-state index in [1.54, 1.807) is 31.2 Å². The number of aromatic nitrogens is 1. The summed E-state index contributed by atoms with van der Waals surface area (Å²) >= 11 is 0.540. The van der Waals surface area contributed by atoms with Crippen LogP contribution in [0.2, 0.25) is 0 Å². The number of thioether (sulfide) groups is 1. The maximum Gasteiger partial charge on any atom is 0.416 e. The van der Waals surface area contributed by atoms with Gasteiger partial charge in [-0.05, 0) is 97.0 Å². The number of carbonyl (C=O) groups is 2. The number of aryl methyl sites for hydroxylation is 1. The smallest absolute Gasteiger partial charge is 0.416 e. The van der Waals surface area contributed by atoms with Crippen molar-refractivity contribution >= 4 is 22.8 Å². The van der Waals surface area contributed by atoms with E-state index in [1.165, 1.54) is 31.2 Å². The Kier molecular flexibility index (Phi) is 9.18. The predicted molar refractivity (Wildman–Crippen MR) is 171 cm³/mol. The molecule has 0 aliphatic carbocycles. The van der Waals surface area contributed by atoms with Crippen LogP contribution in [-0.4, -0.2) is 34.1 Å². The molecule has 0 bridgehead atoms. The van der Waals surface area contributed by atoms with E-state index in [0.29, 0.717) is 40.6 Å². The van der Waals surface area contributed by atoms with Crippen LogP contribution in [-0.2, 0) is 18.5 Å². The maximum absolute atomic E-state index is 14.1. The highest BCUT2D eigenvalue weighted by Crippen LogP contribution is 2.56. The van der Waals surface area contributed by atoms with E-state index in [0.717, 1.165) is 17.7 Å². The van der Waals surface area contributed by atoms with Gasteiger partial charge in [0.25, 0.3) is 5.24 Å². The van der Waals surface area contributed by atoms with Gasteiger partial charge in [0, 0.05) is 28.9 Å². The second kappa shape index (κ2) is 12.9. The van der Waals surface area contributed by atoms with Crippen molar-refractivity contribution in [3.8, 4) is 28.1 Å². The number of carbonyl (C=O) groups excluding carboxylic acids is 2. The van der Waals surface area contributed by atoms with Gasteiger partial charge in [0.05, 0.1) is 35.1 Å². The van der Waals surface area contributed by atoms with Gasteiger partial charge in [-0.3, -0.25) is 9.59 Å². The topological polar surface area (TPSA) is 59.5 Å². The van der Waals surface area contributed by atoms with Gasteiger partial charge < -0.3 is 9.64 Å². The third kappa shape index (κ3) is 6.91. The third-order valence-corrected chi connectivity index (χ3v) is 10.4. The zero-order valence-corrected chi connectivity index (χ0v) is 27.7. The number of nitrogens with zero attached hydrogens (tertiary/aromatic N) is 2. The molecule has 15 heteroatoms. The largest absolute Gasteiger partial charge is 0.481 e. The summed E-state index contributed by atoms with van der Waals surface area (Å²) in [6, 6.07) is 8.94. The molecule has 2 aliphatic heterocycles. The van der Waals surface area contributed by atoms with Crippen LogP contribution in [0, 0.1) is 6.92 Å². The lowest BCUT2D eigenvalue weighted by Crippen LogP contribution is -2.31.